The Balaban J connectivity index is 1.43. The Morgan fingerprint density at radius 3 is 2.21 bits per heavy atom. The Morgan fingerprint density at radius 1 is 1.00 bits per heavy atom. The summed E-state index contributed by atoms with van der Waals surface area (Å²) >= 11 is 0. The van der Waals surface area contributed by atoms with Gasteiger partial charge >= 0.3 is 5.97 Å². The average Bonchev–Trinajstić information content (AvgIpc) is 2.74. The van der Waals surface area contributed by atoms with E-state index in [4.69, 9.17) is 15.3 Å². The average molecular weight is 380 g/mol. The molecular weight excluding hydrogens is 355 g/mol. The van der Waals surface area contributed by atoms with E-state index < -0.39 is 5.83 Å². The Labute approximate surface area is 165 Å². The van der Waals surface area contributed by atoms with Crippen LogP contribution >= 0.6 is 0 Å². The Hall–Kier alpha value is -2.66. The van der Waals surface area contributed by atoms with Crippen LogP contribution in [-0.4, -0.2) is 12.1 Å². The number of carbonyl (C=O) groups excluding carboxylic acids is 1. The number of allylic oxidation sites excluding steroid dienone is 2. The van der Waals surface area contributed by atoms with Crippen LogP contribution in [0.3, 0.4) is 0 Å². The molecule has 0 unspecified atom stereocenters. The minimum Gasteiger partial charge on any atom is -0.462 e. The number of ether oxygens (including phenoxy) is 1. The van der Waals surface area contributed by atoms with Crippen LogP contribution in [-0.2, 0) is 9.53 Å². The molecule has 0 heterocycles. The van der Waals surface area contributed by atoms with E-state index in [2.05, 4.69) is 6.07 Å². The molecule has 3 rings (SSSR count). The molecule has 2 aliphatic rings. The van der Waals surface area contributed by atoms with Gasteiger partial charge in [-0.2, -0.15) is 14.9 Å². The SMILES string of the molecule is N#CC(F)=C[C@H]1CC[C@H](C(=O)O[C@H]2CC[C@H](c3ccc(C#N)cc3)CC2)CC1. The summed E-state index contributed by atoms with van der Waals surface area (Å²) < 4.78 is 18.8. The van der Waals surface area contributed by atoms with Crippen LogP contribution in [0.25, 0.3) is 0 Å². The van der Waals surface area contributed by atoms with Gasteiger partial charge in [-0.05, 0) is 87.0 Å². The fourth-order valence-corrected chi connectivity index (χ4v) is 4.37. The first kappa shape index (κ1) is 20.1. The lowest BCUT2D eigenvalue weighted by atomic mass is 9.81. The van der Waals surface area contributed by atoms with Crippen molar-refractivity contribution in [2.24, 2.45) is 11.8 Å². The summed E-state index contributed by atoms with van der Waals surface area (Å²) in [5, 5.41) is 17.4. The molecular formula is C23H25FN2O2. The normalized spacial score (nSPS) is 28.0. The maximum absolute atomic E-state index is 13.1. The monoisotopic (exact) mass is 380 g/mol. The number of halogens is 1. The zero-order valence-electron chi connectivity index (χ0n) is 15.9. The van der Waals surface area contributed by atoms with Crippen molar-refractivity contribution in [1.82, 2.24) is 0 Å². The molecule has 1 aromatic carbocycles. The van der Waals surface area contributed by atoms with Crippen molar-refractivity contribution in [3.05, 3.63) is 47.3 Å². The van der Waals surface area contributed by atoms with E-state index in [9.17, 15) is 9.18 Å². The lowest BCUT2D eigenvalue weighted by molar-refractivity contribution is -0.157. The second kappa shape index (κ2) is 9.51. The Morgan fingerprint density at radius 2 is 1.64 bits per heavy atom. The van der Waals surface area contributed by atoms with Gasteiger partial charge in [-0.1, -0.05) is 12.1 Å². The fraction of sp³-hybridized carbons (Fsp3) is 0.522. The molecule has 0 saturated heterocycles. The Bertz CT molecular complexity index is 787. The number of benzene rings is 1. The van der Waals surface area contributed by atoms with Crippen molar-refractivity contribution in [3.8, 4) is 12.1 Å². The van der Waals surface area contributed by atoms with Crippen molar-refractivity contribution in [1.29, 1.82) is 10.5 Å². The lowest BCUT2D eigenvalue weighted by Gasteiger charge is -2.31. The largest absolute Gasteiger partial charge is 0.462 e. The zero-order valence-corrected chi connectivity index (χ0v) is 15.9. The third-order valence-corrected chi connectivity index (χ3v) is 6.06. The summed E-state index contributed by atoms with van der Waals surface area (Å²) in [6.07, 6.45) is 7.88. The van der Waals surface area contributed by atoms with E-state index in [1.54, 1.807) is 0 Å². The van der Waals surface area contributed by atoms with Crippen LogP contribution < -0.4 is 0 Å². The third kappa shape index (κ3) is 5.20. The van der Waals surface area contributed by atoms with Crippen molar-refractivity contribution in [3.63, 3.8) is 0 Å². The number of esters is 1. The minimum absolute atomic E-state index is 0.0178. The van der Waals surface area contributed by atoms with E-state index in [1.165, 1.54) is 17.7 Å². The summed E-state index contributed by atoms with van der Waals surface area (Å²) in [6.45, 7) is 0. The highest BCUT2D eigenvalue weighted by atomic mass is 19.1. The van der Waals surface area contributed by atoms with E-state index >= 15 is 0 Å². The van der Waals surface area contributed by atoms with Crippen LogP contribution in [0.5, 0.6) is 0 Å². The molecule has 0 amide bonds. The first-order valence-corrected chi connectivity index (χ1v) is 10.1. The predicted molar refractivity (Wildman–Crippen MR) is 102 cm³/mol. The maximum Gasteiger partial charge on any atom is 0.309 e. The molecule has 0 radical (unpaired) electrons. The molecule has 2 fully saturated rings. The molecule has 28 heavy (non-hydrogen) atoms. The van der Waals surface area contributed by atoms with Gasteiger partial charge in [-0.15, -0.1) is 0 Å². The van der Waals surface area contributed by atoms with Crippen molar-refractivity contribution in [2.45, 2.75) is 63.4 Å². The number of nitriles is 2. The van der Waals surface area contributed by atoms with Gasteiger partial charge in [0.25, 0.3) is 0 Å². The molecule has 0 atom stereocenters. The van der Waals surface area contributed by atoms with E-state index in [-0.39, 0.29) is 23.9 Å². The maximum atomic E-state index is 13.1. The van der Waals surface area contributed by atoms with E-state index in [0.717, 1.165) is 38.5 Å². The molecule has 0 N–H and O–H groups in total. The van der Waals surface area contributed by atoms with Crippen molar-refractivity contribution < 1.29 is 13.9 Å². The summed E-state index contributed by atoms with van der Waals surface area (Å²) in [7, 11) is 0. The quantitative estimate of drug-likeness (QED) is 0.524. The smallest absolute Gasteiger partial charge is 0.309 e. The molecule has 0 spiro atoms. The number of carbonyl (C=O) groups is 1. The topological polar surface area (TPSA) is 73.9 Å². The fourth-order valence-electron chi connectivity index (χ4n) is 4.37. The van der Waals surface area contributed by atoms with Crippen molar-refractivity contribution >= 4 is 5.97 Å². The Kier molecular flexibility index (Phi) is 6.82. The molecule has 146 valence electrons. The van der Waals surface area contributed by atoms with Gasteiger partial charge in [-0.3, -0.25) is 4.79 Å². The van der Waals surface area contributed by atoms with E-state index in [0.29, 0.717) is 24.3 Å². The standard InChI is InChI=1S/C23H25FN2O2/c24-21(15-26)13-16-1-7-20(8-2-16)23(27)28-22-11-9-19(10-12-22)18-5-3-17(14-25)4-6-18/h3-6,13,16,19-20,22H,1-2,7-12H2/t16-,19-,20-,22-. The van der Waals surface area contributed by atoms with Gasteiger partial charge < -0.3 is 4.74 Å². The van der Waals surface area contributed by atoms with E-state index in [1.807, 2.05) is 24.3 Å². The summed E-state index contributed by atoms with van der Waals surface area (Å²) in [5.41, 5.74) is 1.92. The summed E-state index contributed by atoms with van der Waals surface area (Å²) in [5.74, 6) is -0.451. The highest BCUT2D eigenvalue weighted by molar-refractivity contribution is 5.72. The van der Waals surface area contributed by atoms with Gasteiger partial charge in [0.05, 0.1) is 17.6 Å². The van der Waals surface area contributed by atoms with Gasteiger partial charge in [0.15, 0.2) is 5.83 Å². The molecule has 4 nitrogen and oxygen atoms in total. The van der Waals surface area contributed by atoms with Crippen molar-refractivity contribution in [2.75, 3.05) is 0 Å². The molecule has 2 aliphatic carbocycles. The van der Waals surface area contributed by atoms with Crippen LogP contribution in [0, 0.1) is 34.5 Å². The summed E-state index contributed by atoms with van der Waals surface area (Å²) in [6, 6.07) is 11.4. The lowest BCUT2D eigenvalue weighted by Crippen LogP contribution is -2.29. The van der Waals surface area contributed by atoms with Gasteiger partial charge in [-0.25, -0.2) is 0 Å². The van der Waals surface area contributed by atoms with Crippen LogP contribution in [0.4, 0.5) is 4.39 Å². The summed E-state index contributed by atoms with van der Waals surface area (Å²) in [4.78, 5) is 12.5. The van der Waals surface area contributed by atoms with Crippen LogP contribution in [0.15, 0.2) is 36.2 Å². The molecule has 0 aliphatic heterocycles. The highest BCUT2D eigenvalue weighted by Crippen LogP contribution is 2.36. The number of nitrogens with zero attached hydrogens (tertiary/aromatic N) is 2. The molecule has 1 aromatic rings. The third-order valence-electron chi connectivity index (χ3n) is 6.06. The molecule has 0 aromatic heterocycles. The second-order valence-electron chi connectivity index (χ2n) is 7.88. The van der Waals surface area contributed by atoms with Crippen LogP contribution in [0.2, 0.25) is 0 Å². The second-order valence-corrected chi connectivity index (χ2v) is 7.88. The molecule has 0 bridgehead atoms. The zero-order chi connectivity index (χ0) is 19.9. The molecule has 5 heteroatoms. The number of hydrogen-bond acceptors (Lipinski definition) is 4. The van der Waals surface area contributed by atoms with Crippen LogP contribution in [0.1, 0.15) is 68.4 Å². The minimum atomic E-state index is -0.731. The van der Waals surface area contributed by atoms with Gasteiger partial charge in [0.1, 0.15) is 12.2 Å². The predicted octanol–water partition coefficient (Wildman–Crippen LogP) is 5.31. The van der Waals surface area contributed by atoms with Gasteiger partial charge in [0.2, 0.25) is 0 Å². The number of hydrogen-bond donors (Lipinski definition) is 0. The first-order valence-electron chi connectivity index (χ1n) is 10.1. The first-order chi connectivity index (χ1) is 13.6. The highest BCUT2D eigenvalue weighted by Gasteiger charge is 2.30. The molecule has 2 saturated carbocycles. The number of rotatable bonds is 4. The van der Waals surface area contributed by atoms with Gasteiger partial charge in [0, 0.05) is 0 Å².